The van der Waals surface area contributed by atoms with Gasteiger partial charge in [-0.15, -0.1) is 0 Å². The van der Waals surface area contributed by atoms with Crippen molar-refractivity contribution in [2.45, 2.75) is 59.2 Å². The van der Waals surface area contributed by atoms with Gasteiger partial charge in [-0.2, -0.15) is 0 Å². The lowest BCUT2D eigenvalue weighted by molar-refractivity contribution is -0.123. The van der Waals surface area contributed by atoms with E-state index < -0.39 is 37.0 Å². The highest BCUT2D eigenvalue weighted by Gasteiger charge is 2.44. The van der Waals surface area contributed by atoms with Crippen molar-refractivity contribution in [2.24, 2.45) is 0 Å². The maximum absolute atomic E-state index is 12.6. The number of sulfonamides is 2. The Bertz CT molecular complexity index is 1600. The van der Waals surface area contributed by atoms with Crippen molar-refractivity contribution in [3.8, 4) is 0 Å². The van der Waals surface area contributed by atoms with E-state index in [1.807, 2.05) is 20.8 Å². The smallest absolute Gasteiger partial charge is 0.268 e. The number of aliphatic hydroxyl groups excluding tert-OH is 1. The fourth-order valence-electron chi connectivity index (χ4n) is 4.45. The molecular formula is C29H34N2O7S2. The molecule has 0 unspecified atom stereocenters. The molecule has 214 valence electrons. The summed E-state index contributed by atoms with van der Waals surface area (Å²) in [7, 11) is -7.43. The first-order valence-corrected chi connectivity index (χ1v) is 15.3. The number of carbonyl (C=O) groups is 2. The number of rotatable bonds is 4. The number of benzene rings is 2. The molecule has 0 spiro atoms. The predicted molar refractivity (Wildman–Crippen MR) is 155 cm³/mol. The van der Waals surface area contributed by atoms with Crippen LogP contribution in [0.5, 0.6) is 0 Å². The molecule has 0 aromatic heterocycles. The van der Waals surface area contributed by atoms with Gasteiger partial charge in [0.05, 0.1) is 17.1 Å². The molecule has 2 aromatic carbocycles. The summed E-state index contributed by atoms with van der Waals surface area (Å²) in [6, 6.07) is 12.9. The van der Waals surface area contributed by atoms with Gasteiger partial charge < -0.3 is 5.11 Å². The summed E-state index contributed by atoms with van der Waals surface area (Å²) >= 11 is 0. The minimum Gasteiger partial charge on any atom is -0.392 e. The number of hydrogen-bond acceptors (Lipinski definition) is 7. The van der Waals surface area contributed by atoms with Crippen LogP contribution in [0.1, 0.15) is 68.6 Å². The molecule has 4 rings (SSSR count). The van der Waals surface area contributed by atoms with Gasteiger partial charge in [0.1, 0.15) is 11.2 Å². The minimum absolute atomic E-state index is 0.00177. The van der Waals surface area contributed by atoms with E-state index in [-0.39, 0.29) is 16.4 Å². The van der Waals surface area contributed by atoms with Crippen molar-refractivity contribution >= 4 is 42.1 Å². The predicted octanol–water partition coefficient (Wildman–Crippen LogP) is 4.29. The molecule has 11 heteroatoms. The van der Waals surface area contributed by atoms with E-state index >= 15 is 0 Å². The minimum atomic E-state index is -3.82. The first kappa shape index (κ1) is 31.0. The van der Waals surface area contributed by atoms with E-state index in [1.165, 1.54) is 4.31 Å². The molecule has 0 saturated heterocycles. The second-order valence-corrected chi connectivity index (χ2v) is 14.8. The van der Waals surface area contributed by atoms with Crippen LogP contribution < -0.4 is 0 Å². The molecular weight excluding hydrogens is 552 g/mol. The summed E-state index contributed by atoms with van der Waals surface area (Å²) in [6.45, 7) is 14.2. The van der Waals surface area contributed by atoms with Gasteiger partial charge in [-0.3, -0.25) is 13.9 Å². The molecule has 0 atom stereocenters. The topological polar surface area (TPSA) is 129 Å². The van der Waals surface area contributed by atoms with E-state index in [0.717, 1.165) is 16.7 Å². The molecule has 0 bridgehead atoms. The number of nitrogens with zero attached hydrogens (tertiary/aromatic N) is 2. The van der Waals surface area contributed by atoms with Crippen molar-refractivity contribution in [2.75, 3.05) is 0 Å². The lowest BCUT2D eigenvalue weighted by Gasteiger charge is -2.33. The lowest BCUT2D eigenvalue weighted by Crippen LogP contribution is -2.45. The van der Waals surface area contributed by atoms with Gasteiger partial charge in [-0.05, 0) is 64.3 Å². The Hall–Kier alpha value is -3.54. The third-order valence-electron chi connectivity index (χ3n) is 6.02. The maximum atomic E-state index is 12.6. The Balaban J connectivity index is 0.000000220. The molecule has 0 fully saturated rings. The molecule has 1 N–H and O–H groups in total. The van der Waals surface area contributed by atoms with Crippen molar-refractivity contribution in [1.29, 1.82) is 0 Å². The van der Waals surface area contributed by atoms with E-state index in [4.69, 9.17) is 5.11 Å². The molecule has 40 heavy (non-hydrogen) atoms. The Labute approximate surface area is 236 Å². The number of hydrogen-bond donors (Lipinski definition) is 1. The van der Waals surface area contributed by atoms with Gasteiger partial charge in [0.15, 0.2) is 0 Å². The van der Waals surface area contributed by atoms with Crippen molar-refractivity contribution in [3.05, 3.63) is 95.2 Å². The highest BCUT2D eigenvalue weighted by Crippen LogP contribution is 2.39. The van der Waals surface area contributed by atoms with Crippen molar-refractivity contribution in [1.82, 2.24) is 8.61 Å². The second kappa shape index (κ2) is 10.8. The summed E-state index contributed by atoms with van der Waals surface area (Å²) in [4.78, 5) is 22.8. The zero-order valence-electron chi connectivity index (χ0n) is 23.4. The van der Waals surface area contributed by atoms with Gasteiger partial charge >= 0.3 is 0 Å². The Kier molecular flexibility index (Phi) is 8.36. The highest BCUT2D eigenvalue weighted by atomic mass is 32.2. The summed E-state index contributed by atoms with van der Waals surface area (Å²) in [6.07, 6.45) is 3.44. The number of allylic oxidation sites excluding steroid dienone is 1. The van der Waals surface area contributed by atoms with Gasteiger partial charge in [0.2, 0.25) is 0 Å². The monoisotopic (exact) mass is 586 g/mol. The Morgan fingerprint density at radius 2 is 1.18 bits per heavy atom. The average molecular weight is 587 g/mol. The fraction of sp³-hybridized carbons (Fsp3) is 0.310. The van der Waals surface area contributed by atoms with Gasteiger partial charge in [0.25, 0.3) is 26.0 Å². The molecule has 1 amide bonds. The van der Waals surface area contributed by atoms with Crippen LogP contribution in [0, 0.1) is 0 Å². The highest BCUT2D eigenvalue weighted by molar-refractivity contribution is 7.99. The van der Waals surface area contributed by atoms with Gasteiger partial charge in [-0.25, -0.2) is 21.1 Å². The van der Waals surface area contributed by atoms with E-state index in [1.54, 1.807) is 75.4 Å². The summed E-state index contributed by atoms with van der Waals surface area (Å²) in [5.41, 5.74) is 1.27. The Morgan fingerprint density at radius 1 is 0.750 bits per heavy atom. The van der Waals surface area contributed by atoms with Crippen LogP contribution >= 0.6 is 0 Å². The van der Waals surface area contributed by atoms with Gasteiger partial charge in [0, 0.05) is 22.9 Å². The van der Waals surface area contributed by atoms with Crippen molar-refractivity contribution in [3.63, 3.8) is 0 Å². The molecule has 2 heterocycles. The summed E-state index contributed by atoms with van der Waals surface area (Å²) in [5.74, 6) is -0.529. The first-order valence-electron chi connectivity index (χ1n) is 12.4. The van der Waals surface area contributed by atoms with Crippen LogP contribution in [-0.4, -0.2) is 53.8 Å². The number of aliphatic hydroxyl groups is 1. The van der Waals surface area contributed by atoms with E-state index in [9.17, 15) is 26.4 Å². The van der Waals surface area contributed by atoms with E-state index in [0.29, 0.717) is 28.0 Å². The quantitative estimate of drug-likeness (QED) is 0.529. The second-order valence-electron chi connectivity index (χ2n) is 11.3. The lowest BCUT2D eigenvalue weighted by atomic mass is 10.1. The van der Waals surface area contributed by atoms with Crippen LogP contribution in [0.2, 0.25) is 0 Å². The van der Waals surface area contributed by atoms with Crippen LogP contribution in [0.25, 0.3) is 9.81 Å². The molecule has 2 aliphatic rings. The van der Waals surface area contributed by atoms with Gasteiger partial charge in [-0.1, -0.05) is 55.1 Å². The molecule has 0 aliphatic carbocycles. The standard InChI is InChI=1S/C15H17NO3S.C14H17NO4S/c1-11-9-14(13-7-5-12(10-17)6-8-13)20(18,19)16(11)15(2,3)4;1-14(2,3)15-13(17)8-12(20(15,18)19)11-6-4-10(9-16)5-7-11/h5-10H,1H2,2-4H3;4-8,16H,9H2,1-3H3. The van der Waals surface area contributed by atoms with E-state index in [2.05, 4.69) is 6.58 Å². The first-order chi connectivity index (χ1) is 18.3. The van der Waals surface area contributed by atoms with Crippen LogP contribution in [0.15, 0.2) is 73.0 Å². The van der Waals surface area contributed by atoms with Crippen LogP contribution in [-0.2, 0) is 31.4 Å². The zero-order chi connectivity index (χ0) is 30.3. The molecule has 0 radical (unpaired) electrons. The third-order valence-corrected chi connectivity index (χ3v) is 10.3. The molecule has 2 aromatic rings. The average Bonchev–Trinajstić information content (AvgIpc) is 3.25. The molecule has 0 saturated carbocycles. The fourth-order valence-corrected chi connectivity index (χ4v) is 8.34. The third kappa shape index (κ3) is 5.96. The van der Waals surface area contributed by atoms with Crippen molar-refractivity contribution < 1.29 is 31.5 Å². The number of aldehydes is 1. The van der Waals surface area contributed by atoms with Crippen LogP contribution in [0.4, 0.5) is 0 Å². The van der Waals surface area contributed by atoms with Crippen LogP contribution in [0.3, 0.4) is 0 Å². The number of amides is 1. The molecule has 9 nitrogen and oxygen atoms in total. The summed E-state index contributed by atoms with van der Waals surface area (Å²) < 4.78 is 52.5. The Morgan fingerprint density at radius 3 is 1.55 bits per heavy atom. The zero-order valence-corrected chi connectivity index (χ0v) is 25.0. The largest absolute Gasteiger partial charge is 0.392 e. The number of carbonyl (C=O) groups excluding carboxylic acids is 2. The SMILES string of the molecule is C=C1C=C(c2ccc(C=O)cc2)S(=O)(=O)N1C(C)(C)C.CC(C)(C)N1C(=O)C=C(c2ccc(CO)cc2)S1(=O)=O. The summed E-state index contributed by atoms with van der Waals surface area (Å²) in [5, 5.41) is 8.99. The normalized spacial score (nSPS) is 18.2. The maximum Gasteiger partial charge on any atom is 0.268 e. The molecule has 2 aliphatic heterocycles.